The Kier molecular flexibility index (Phi) is 7.28. The van der Waals surface area contributed by atoms with Crippen LogP contribution in [0.3, 0.4) is 0 Å². The Bertz CT molecular complexity index is 3390. The molecular formula is C60H44O2. The number of hydrogen-bond donors (Lipinski definition) is 0. The predicted octanol–water partition coefficient (Wildman–Crippen LogP) is 15.6. The maximum atomic E-state index is 6.64. The van der Waals surface area contributed by atoms with Crippen molar-refractivity contribution < 1.29 is 9.15 Å². The van der Waals surface area contributed by atoms with Crippen LogP contribution in [-0.2, 0) is 17.3 Å². The number of fused-ring (bicyclic) bond motifs is 12. The summed E-state index contributed by atoms with van der Waals surface area (Å²) in [5.74, 6) is 1.94. The first-order valence-corrected chi connectivity index (χ1v) is 22.0. The first-order chi connectivity index (χ1) is 30.2. The van der Waals surface area contributed by atoms with Crippen molar-refractivity contribution in [3.63, 3.8) is 0 Å². The Balaban J connectivity index is 0.833. The Morgan fingerprint density at radius 1 is 0.419 bits per heavy atom. The lowest BCUT2D eigenvalue weighted by molar-refractivity contribution is 0.265. The van der Waals surface area contributed by atoms with Gasteiger partial charge in [0.05, 0.1) is 0 Å². The highest BCUT2D eigenvalue weighted by Gasteiger charge is 2.39. The van der Waals surface area contributed by atoms with Gasteiger partial charge in [0.25, 0.3) is 0 Å². The predicted molar refractivity (Wildman–Crippen MR) is 256 cm³/mol. The number of hydrogen-bond acceptors (Lipinski definition) is 2. The Morgan fingerprint density at radius 3 is 1.37 bits per heavy atom. The van der Waals surface area contributed by atoms with Crippen molar-refractivity contribution in [2.75, 3.05) is 0 Å². The fraction of sp³-hybridized carbons (Fsp3) is 0.133. The molecule has 2 nitrogen and oxygen atoms in total. The number of furan rings is 1. The first kappa shape index (κ1) is 35.6. The summed E-state index contributed by atoms with van der Waals surface area (Å²) < 4.78 is 13.2. The number of rotatable bonds is 4. The van der Waals surface area contributed by atoms with Crippen molar-refractivity contribution in [2.24, 2.45) is 0 Å². The molecule has 1 aliphatic heterocycles. The molecule has 0 radical (unpaired) electrons. The van der Waals surface area contributed by atoms with Crippen molar-refractivity contribution in [1.29, 1.82) is 0 Å². The van der Waals surface area contributed by atoms with Crippen LogP contribution in [0.25, 0.3) is 89.4 Å². The molecule has 2 heterocycles. The molecule has 9 aromatic rings. The lowest BCUT2D eigenvalue weighted by Crippen LogP contribution is -2.18. The summed E-state index contributed by atoms with van der Waals surface area (Å²) in [6, 6.07) is 62.9. The van der Waals surface area contributed by atoms with Crippen LogP contribution in [0.5, 0.6) is 5.75 Å². The SMILES string of the molecule is CC1(C)c2cc(-c3ccccc3)ccc2-c2ccc(-c3ccc4c(c3)C3=Cc5c(oc6ccc(-c7ccc8c(c7)C(C)(C)c7cc(-c9ccccc9)ccc7-8)cc56)CC3O4)cc21. The largest absolute Gasteiger partial charge is 0.485 e. The zero-order valence-electron chi connectivity index (χ0n) is 35.3. The van der Waals surface area contributed by atoms with Crippen LogP contribution in [0.1, 0.15) is 66.8 Å². The van der Waals surface area contributed by atoms with E-state index in [4.69, 9.17) is 9.15 Å². The van der Waals surface area contributed by atoms with Crippen LogP contribution in [0, 0.1) is 0 Å². The second-order valence-electron chi connectivity index (χ2n) is 18.8. The summed E-state index contributed by atoms with van der Waals surface area (Å²) in [5, 5.41) is 1.15. The van der Waals surface area contributed by atoms with Crippen LogP contribution >= 0.6 is 0 Å². The minimum absolute atomic E-state index is 0.0666. The molecule has 0 bridgehead atoms. The highest BCUT2D eigenvalue weighted by Crippen LogP contribution is 2.53. The van der Waals surface area contributed by atoms with Gasteiger partial charge in [0, 0.05) is 39.3 Å². The van der Waals surface area contributed by atoms with Crippen LogP contribution in [0.15, 0.2) is 174 Å². The van der Waals surface area contributed by atoms with Crippen molar-refractivity contribution in [2.45, 2.75) is 51.0 Å². The number of ether oxygens (including phenoxy) is 1. The van der Waals surface area contributed by atoms with Crippen LogP contribution < -0.4 is 4.74 Å². The lowest BCUT2D eigenvalue weighted by Gasteiger charge is -2.22. The third kappa shape index (κ3) is 5.10. The van der Waals surface area contributed by atoms with E-state index in [0.717, 1.165) is 22.5 Å². The molecule has 1 aromatic heterocycles. The zero-order valence-corrected chi connectivity index (χ0v) is 35.3. The Labute approximate surface area is 362 Å². The molecule has 8 aromatic carbocycles. The summed E-state index contributed by atoms with van der Waals surface area (Å²) in [7, 11) is 0. The van der Waals surface area contributed by atoms with Crippen molar-refractivity contribution in [3.8, 4) is 72.5 Å². The minimum Gasteiger partial charge on any atom is -0.485 e. The first-order valence-electron chi connectivity index (χ1n) is 22.0. The standard InChI is InChI=1S/C60H44O2/c1-59(2)51-29-39(35-11-7-5-8-12-35)15-21-43(51)45-23-17-41(31-53(45)59)37-19-25-55-47(27-37)49-33-50-48-28-38(20-26-56(48)62-58(50)34-57(49)61-55)42-18-24-46-44-22-16-40(36-13-9-6-10-14-36)30-52(44)60(3,4)54(46)32-42/h5-33,57H,34H2,1-4H3. The monoisotopic (exact) mass is 796 g/mol. The van der Waals surface area contributed by atoms with Gasteiger partial charge < -0.3 is 9.15 Å². The molecule has 1 unspecified atom stereocenters. The smallest absolute Gasteiger partial charge is 0.134 e. The van der Waals surface area contributed by atoms with E-state index in [-0.39, 0.29) is 16.9 Å². The van der Waals surface area contributed by atoms with Gasteiger partial charge in [-0.2, -0.15) is 0 Å². The molecule has 62 heavy (non-hydrogen) atoms. The summed E-state index contributed by atoms with van der Waals surface area (Å²) >= 11 is 0. The minimum atomic E-state index is -0.119. The molecule has 296 valence electrons. The molecule has 4 aliphatic rings. The average Bonchev–Trinajstić information content (AvgIpc) is 3.99. The van der Waals surface area contributed by atoms with E-state index >= 15 is 0 Å². The fourth-order valence-corrected chi connectivity index (χ4v) is 11.2. The molecule has 0 saturated carbocycles. The molecule has 2 heteroatoms. The fourth-order valence-electron chi connectivity index (χ4n) is 11.2. The van der Waals surface area contributed by atoms with Gasteiger partial charge >= 0.3 is 0 Å². The molecule has 3 aliphatic carbocycles. The van der Waals surface area contributed by atoms with E-state index in [2.05, 4.69) is 204 Å². The molecule has 0 saturated heterocycles. The van der Waals surface area contributed by atoms with Crippen LogP contribution in [0.4, 0.5) is 0 Å². The zero-order chi connectivity index (χ0) is 41.5. The Morgan fingerprint density at radius 2 is 0.855 bits per heavy atom. The molecular weight excluding hydrogens is 753 g/mol. The molecule has 0 amide bonds. The van der Waals surface area contributed by atoms with E-state index in [1.54, 1.807) is 0 Å². The van der Waals surface area contributed by atoms with Gasteiger partial charge in [0.15, 0.2) is 0 Å². The Hall–Kier alpha value is -7.16. The topological polar surface area (TPSA) is 22.4 Å². The van der Waals surface area contributed by atoms with Gasteiger partial charge in [-0.3, -0.25) is 0 Å². The summed E-state index contributed by atoms with van der Waals surface area (Å²) in [5.41, 5.74) is 25.0. The van der Waals surface area contributed by atoms with Gasteiger partial charge in [0.1, 0.15) is 23.2 Å². The van der Waals surface area contributed by atoms with Gasteiger partial charge in [-0.05, 0) is 144 Å². The van der Waals surface area contributed by atoms with E-state index in [0.29, 0.717) is 6.42 Å². The molecule has 13 rings (SSSR count). The van der Waals surface area contributed by atoms with Crippen LogP contribution in [0.2, 0.25) is 0 Å². The van der Waals surface area contributed by atoms with E-state index < -0.39 is 0 Å². The third-order valence-electron chi connectivity index (χ3n) is 14.6. The highest BCUT2D eigenvalue weighted by molar-refractivity contribution is 6.01. The second-order valence-corrected chi connectivity index (χ2v) is 18.8. The van der Waals surface area contributed by atoms with Gasteiger partial charge in [-0.15, -0.1) is 0 Å². The van der Waals surface area contributed by atoms with Crippen LogP contribution in [-0.4, -0.2) is 6.10 Å². The van der Waals surface area contributed by atoms with Gasteiger partial charge in [0.2, 0.25) is 0 Å². The van der Waals surface area contributed by atoms with E-state index in [1.165, 1.54) is 106 Å². The number of benzene rings is 8. The molecule has 0 N–H and O–H groups in total. The maximum Gasteiger partial charge on any atom is 0.134 e. The third-order valence-corrected chi connectivity index (χ3v) is 14.6. The van der Waals surface area contributed by atoms with Crippen molar-refractivity contribution in [3.05, 3.63) is 209 Å². The van der Waals surface area contributed by atoms with E-state index in [1.807, 2.05) is 0 Å². The summed E-state index contributed by atoms with van der Waals surface area (Å²) in [6.45, 7) is 9.47. The van der Waals surface area contributed by atoms with Gasteiger partial charge in [-0.1, -0.05) is 149 Å². The van der Waals surface area contributed by atoms with Gasteiger partial charge in [-0.25, -0.2) is 0 Å². The second kappa shape index (κ2) is 12.7. The molecule has 0 spiro atoms. The van der Waals surface area contributed by atoms with E-state index in [9.17, 15) is 0 Å². The summed E-state index contributed by atoms with van der Waals surface area (Å²) in [6.07, 6.45) is 2.98. The van der Waals surface area contributed by atoms with Crippen molar-refractivity contribution >= 4 is 22.6 Å². The molecule has 1 atom stereocenters. The maximum absolute atomic E-state index is 6.64. The highest BCUT2D eigenvalue weighted by atomic mass is 16.5. The quantitative estimate of drug-likeness (QED) is 0.177. The lowest BCUT2D eigenvalue weighted by atomic mass is 9.80. The van der Waals surface area contributed by atoms with Crippen molar-refractivity contribution in [1.82, 2.24) is 0 Å². The average molecular weight is 797 g/mol. The summed E-state index contributed by atoms with van der Waals surface area (Å²) in [4.78, 5) is 0. The normalized spacial score (nSPS) is 16.6. The molecule has 0 fully saturated rings.